The number of carbonyl (C=O) groups excluding carboxylic acids is 1. The molecule has 3 fully saturated rings. The lowest BCUT2D eigenvalue weighted by Crippen LogP contribution is -2.48. The van der Waals surface area contributed by atoms with Crippen molar-refractivity contribution in [1.29, 1.82) is 0 Å². The van der Waals surface area contributed by atoms with Crippen LogP contribution in [0.3, 0.4) is 0 Å². The maximum absolute atomic E-state index is 12.6. The van der Waals surface area contributed by atoms with Gasteiger partial charge >= 0.3 is 0 Å². The maximum Gasteiger partial charge on any atom is 0.235 e. The van der Waals surface area contributed by atoms with Crippen LogP contribution in [0.4, 0.5) is 0 Å². The molecule has 2 heterocycles. The molecule has 0 aromatic heterocycles. The van der Waals surface area contributed by atoms with Crippen molar-refractivity contribution in [2.24, 2.45) is 0 Å². The second-order valence-corrected chi connectivity index (χ2v) is 7.18. The molecule has 2 unspecified atom stereocenters. The maximum atomic E-state index is 12.6. The average molecular weight is 268 g/mol. The molecule has 1 amide bonds. The van der Waals surface area contributed by atoms with E-state index in [9.17, 15) is 4.79 Å². The van der Waals surface area contributed by atoms with Gasteiger partial charge in [-0.1, -0.05) is 6.42 Å². The van der Waals surface area contributed by atoms with Gasteiger partial charge in [-0.05, 0) is 50.8 Å². The first-order chi connectivity index (χ1) is 8.84. The first kappa shape index (κ1) is 12.8. The summed E-state index contributed by atoms with van der Waals surface area (Å²) in [5, 5.41) is 3.85. The van der Waals surface area contributed by atoms with Gasteiger partial charge in [-0.15, -0.1) is 11.8 Å². The van der Waals surface area contributed by atoms with Crippen molar-refractivity contribution in [1.82, 2.24) is 10.2 Å². The summed E-state index contributed by atoms with van der Waals surface area (Å²) in [5.74, 6) is 1.61. The number of nitrogens with one attached hydrogen (secondary N) is 1. The van der Waals surface area contributed by atoms with E-state index in [-0.39, 0.29) is 5.25 Å². The highest BCUT2D eigenvalue weighted by Gasteiger charge is 2.38. The summed E-state index contributed by atoms with van der Waals surface area (Å²) in [6.45, 7) is 2.09. The van der Waals surface area contributed by atoms with Gasteiger partial charge in [0.05, 0.1) is 5.25 Å². The van der Waals surface area contributed by atoms with Crippen molar-refractivity contribution in [2.75, 3.05) is 18.8 Å². The first-order valence-corrected chi connectivity index (χ1v) is 8.55. The molecule has 2 saturated heterocycles. The van der Waals surface area contributed by atoms with Crippen LogP contribution >= 0.6 is 11.8 Å². The van der Waals surface area contributed by atoms with Crippen molar-refractivity contribution in [3.05, 3.63) is 0 Å². The van der Waals surface area contributed by atoms with Crippen molar-refractivity contribution in [3.8, 4) is 0 Å². The van der Waals surface area contributed by atoms with Crippen molar-refractivity contribution in [2.45, 2.75) is 62.3 Å². The van der Waals surface area contributed by atoms with E-state index in [0.29, 0.717) is 18.0 Å². The Bertz CT molecular complexity index is 294. The molecule has 0 aromatic rings. The summed E-state index contributed by atoms with van der Waals surface area (Å²) in [5.41, 5.74) is 0. The molecule has 1 saturated carbocycles. The lowest BCUT2D eigenvalue weighted by molar-refractivity contribution is -0.131. The summed E-state index contributed by atoms with van der Waals surface area (Å²) < 4.78 is 0. The fraction of sp³-hybridized carbons (Fsp3) is 0.929. The quantitative estimate of drug-likeness (QED) is 0.846. The molecule has 18 heavy (non-hydrogen) atoms. The van der Waals surface area contributed by atoms with Gasteiger partial charge in [0.15, 0.2) is 0 Å². The molecule has 2 aliphatic heterocycles. The average Bonchev–Trinajstić information content (AvgIpc) is 3.10. The Morgan fingerprint density at radius 3 is 2.67 bits per heavy atom. The molecule has 3 rings (SSSR count). The first-order valence-electron chi connectivity index (χ1n) is 7.50. The SMILES string of the molecule is O=C(C1CCCS1)N(CC1CCCCN1)C1CC1. The monoisotopic (exact) mass is 268 g/mol. The minimum absolute atomic E-state index is 0.272. The van der Waals surface area contributed by atoms with Crippen LogP contribution < -0.4 is 5.32 Å². The fourth-order valence-corrected chi connectivity index (χ4v) is 4.31. The van der Waals surface area contributed by atoms with Gasteiger partial charge in [0, 0.05) is 18.6 Å². The van der Waals surface area contributed by atoms with E-state index in [1.54, 1.807) is 0 Å². The molecule has 4 heteroatoms. The molecule has 0 aromatic carbocycles. The summed E-state index contributed by atoms with van der Waals surface area (Å²) in [4.78, 5) is 14.8. The molecule has 3 aliphatic rings. The van der Waals surface area contributed by atoms with E-state index in [2.05, 4.69) is 10.2 Å². The highest BCUT2D eigenvalue weighted by Crippen LogP contribution is 2.33. The molecule has 3 nitrogen and oxygen atoms in total. The fourth-order valence-electron chi connectivity index (χ4n) is 3.08. The lowest BCUT2D eigenvalue weighted by atomic mass is 10.0. The summed E-state index contributed by atoms with van der Waals surface area (Å²) in [6, 6.07) is 1.12. The van der Waals surface area contributed by atoms with Gasteiger partial charge in [0.25, 0.3) is 0 Å². The smallest absolute Gasteiger partial charge is 0.235 e. The zero-order valence-corrected chi connectivity index (χ0v) is 11.9. The molecular weight excluding hydrogens is 244 g/mol. The Morgan fingerprint density at radius 2 is 2.06 bits per heavy atom. The van der Waals surface area contributed by atoms with E-state index in [0.717, 1.165) is 19.5 Å². The Morgan fingerprint density at radius 1 is 1.17 bits per heavy atom. The van der Waals surface area contributed by atoms with Crippen LogP contribution in [0.5, 0.6) is 0 Å². The van der Waals surface area contributed by atoms with E-state index >= 15 is 0 Å². The van der Waals surface area contributed by atoms with E-state index < -0.39 is 0 Å². The summed E-state index contributed by atoms with van der Waals surface area (Å²) >= 11 is 1.87. The highest BCUT2D eigenvalue weighted by molar-refractivity contribution is 8.00. The predicted molar refractivity (Wildman–Crippen MR) is 75.9 cm³/mol. The van der Waals surface area contributed by atoms with Crippen molar-refractivity contribution >= 4 is 17.7 Å². The van der Waals surface area contributed by atoms with Crippen molar-refractivity contribution < 1.29 is 4.79 Å². The number of hydrogen-bond acceptors (Lipinski definition) is 3. The van der Waals surface area contributed by atoms with Crippen LogP contribution in [0.15, 0.2) is 0 Å². The second-order valence-electron chi connectivity index (χ2n) is 5.87. The predicted octanol–water partition coefficient (Wildman–Crippen LogP) is 2.02. The Balaban J connectivity index is 1.58. The molecule has 1 aliphatic carbocycles. The summed E-state index contributed by atoms with van der Waals surface area (Å²) in [6.07, 6.45) is 8.65. The van der Waals surface area contributed by atoms with Gasteiger partial charge in [0.1, 0.15) is 0 Å². The molecule has 0 bridgehead atoms. The van der Waals surface area contributed by atoms with Crippen LogP contribution in [0.1, 0.15) is 44.9 Å². The normalized spacial score (nSPS) is 32.4. The van der Waals surface area contributed by atoms with E-state index in [1.165, 1.54) is 44.3 Å². The molecule has 102 valence electrons. The zero-order valence-electron chi connectivity index (χ0n) is 11.1. The molecule has 1 N–H and O–H groups in total. The van der Waals surface area contributed by atoms with Crippen molar-refractivity contribution in [3.63, 3.8) is 0 Å². The van der Waals surface area contributed by atoms with Crippen LogP contribution in [0.2, 0.25) is 0 Å². The minimum Gasteiger partial charge on any atom is -0.337 e. The third-order valence-corrected chi connectivity index (χ3v) is 5.67. The number of hydrogen-bond donors (Lipinski definition) is 1. The van der Waals surface area contributed by atoms with E-state index in [4.69, 9.17) is 0 Å². The number of amides is 1. The number of thioether (sulfide) groups is 1. The van der Waals surface area contributed by atoms with Gasteiger partial charge < -0.3 is 10.2 Å². The Kier molecular flexibility index (Phi) is 4.14. The number of rotatable bonds is 4. The molecular formula is C14H24N2OS. The van der Waals surface area contributed by atoms with Crippen LogP contribution in [0.25, 0.3) is 0 Å². The van der Waals surface area contributed by atoms with E-state index in [1.807, 2.05) is 11.8 Å². The van der Waals surface area contributed by atoms with Crippen LogP contribution in [-0.2, 0) is 4.79 Å². The van der Waals surface area contributed by atoms with Crippen LogP contribution in [0, 0.1) is 0 Å². The van der Waals surface area contributed by atoms with Gasteiger partial charge in [-0.3, -0.25) is 4.79 Å². The third-order valence-electron chi connectivity index (χ3n) is 4.31. The number of piperidine rings is 1. The lowest BCUT2D eigenvalue weighted by Gasteiger charge is -2.32. The molecule has 0 radical (unpaired) electrons. The Hall–Kier alpha value is -0.220. The third kappa shape index (κ3) is 3.02. The second kappa shape index (κ2) is 5.83. The zero-order chi connectivity index (χ0) is 12.4. The van der Waals surface area contributed by atoms with Gasteiger partial charge in [-0.2, -0.15) is 0 Å². The standard InChI is InChI=1S/C14H24N2OS/c17-14(13-5-3-9-18-13)16(12-6-7-12)10-11-4-1-2-8-15-11/h11-13,15H,1-10H2. The van der Waals surface area contributed by atoms with Crippen LogP contribution in [-0.4, -0.2) is 47.0 Å². The molecule has 0 spiro atoms. The topological polar surface area (TPSA) is 32.3 Å². The van der Waals surface area contributed by atoms with Gasteiger partial charge in [0.2, 0.25) is 5.91 Å². The molecule has 2 atom stereocenters. The minimum atomic E-state index is 0.272. The largest absolute Gasteiger partial charge is 0.337 e. The number of nitrogens with zero attached hydrogens (tertiary/aromatic N) is 1. The Labute approximate surface area is 114 Å². The number of carbonyl (C=O) groups is 1. The summed E-state index contributed by atoms with van der Waals surface area (Å²) in [7, 11) is 0. The van der Waals surface area contributed by atoms with Gasteiger partial charge in [-0.25, -0.2) is 0 Å². The highest BCUT2D eigenvalue weighted by atomic mass is 32.2.